The van der Waals surface area contributed by atoms with Crippen molar-refractivity contribution in [2.24, 2.45) is 5.73 Å². The number of benzene rings is 1. The smallest absolute Gasteiger partial charge is 0.412 e. The number of Topliss-reactive ketones (excluding diaryl/α,β-unsaturated/α-hetero) is 1. The molecule has 0 radical (unpaired) electrons. The van der Waals surface area contributed by atoms with Gasteiger partial charge in [-0.1, -0.05) is 12.1 Å². The van der Waals surface area contributed by atoms with Gasteiger partial charge in [0.1, 0.15) is 5.60 Å². The van der Waals surface area contributed by atoms with E-state index >= 15 is 0 Å². The van der Waals surface area contributed by atoms with E-state index in [4.69, 9.17) is 10.5 Å². The SMILES string of the molecule is CC(C)(C)OC(=O)Nc1cccc(C(=O)CN)c1. The highest BCUT2D eigenvalue weighted by molar-refractivity contribution is 5.99. The number of anilines is 1. The average Bonchev–Trinajstić information content (AvgIpc) is 2.25. The lowest BCUT2D eigenvalue weighted by atomic mass is 10.1. The van der Waals surface area contributed by atoms with Gasteiger partial charge in [-0.15, -0.1) is 0 Å². The van der Waals surface area contributed by atoms with Crippen LogP contribution in [0.3, 0.4) is 0 Å². The van der Waals surface area contributed by atoms with Gasteiger partial charge >= 0.3 is 6.09 Å². The van der Waals surface area contributed by atoms with E-state index in [-0.39, 0.29) is 12.3 Å². The van der Waals surface area contributed by atoms with Crippen molar-refractivity contribution in [1.82, 2.24) is 0 Å². The largest absolute Gasteiger partial charge is 0.444 e. The van der Waals surface area contributed by atoms with Gasteiger partial charge in [0.15, 0.2) is 5.78 Å². The molecular weight excluding hydrogens is 232 g/mol. The molecule has 0 saturated heterocycles. The van der Waals surface area contributed by atoms with Crippen molar-refractivity contribution in [2.75, 3.05) is 11.9 Å². The van der Waals surface area contributed by atoms with Gasteiger partial charge < -0.3 is 10.5 Å². The monoisotopic (exact) mass is 250 g/mol. The molecule has 18 heavy (non-hydrogen) atoms. The Morgan fingerprint density at radius 2 is 2.00 bits per heavy atom. The Kier molecular flexibility index (Phi) is 4.44. The van der Waals surface area contributed by atoms with E-state index in [1.54, 1.807) is 45.0 Å². The molecule has 0 bridgehead atoms. The summed E-state index contributed by atoms with van der Waals surface area (Å²) in [7, 11) is 0. The van der Waals surface area contributed by atoms with Gasteiger partial charge in [-0.25, -0.2) is 4.79 Å². The summed E-state index contributed by atoms with van der Waals surface area (Å²) >= 11 is 0. The van der Waals surface area contributed by atoms with E-state index < -0.39 is 11.7 Å². The van der Waals surface area contributed by atoms with Gasteiger partial charge in [-0.2, -0.15) is 0 Å². The number of nitrogens with one attached hydrogen (secondary N) is 1. The summed E-state index contributed by atoms with van der Waals surface area (Å²) < 4.78 is 5.11. The predicted octanol–water partition coefficient (Wildman–Crippen LogP) is 2.17. The van der Waals surface area contributed by atoms with Gasteiger partial charge in [0.05, 0.1) is 6.54 Å². The molecular formula is C13H18N2O3. The molecule has 0 fully saturated rings. The Morgan fingerprint density at radius 1 is 1.33 bits per heavy atom. The van der Waals surface area contributed by atoms with Crippen molar-refractivity contribution in [3.8, 4) is 0 Å². The molecule has 0 aliphatic rings. The standard InChI is InChI=1S/C13H18N2O3/c1-13(2,3)18-12(17)15-10-6-4-5-9(7-10)11(16)8-14/h4-7H,8,14H2,1-3H3,(H,15,17). The van der Waals surface area contributed by atoms with Crippen molar-refractivity contribution in [1.29, 1.82) is 0 Å². The van der Waals surface area contributed by atoms with Crippen LogP contribution < -0.4 is 11.1 Å². The Bertz CT molecular complexity index is 450. The second-order valence-corrected chi connectivity index (χ2v) is 4.83. The zero-order valence-electron chi connectivity index (χ0n) is 10.8. The molecule has 5 nitrogen and oxygen atoms in total. The first-order valence-electron chi connectivity index (χ1n) is 5.65. The van der Waals surface area contributed by atoms with Gasteiger partial charge in [0.25, 0.3) is 0 Å². The number of hydrogen-bond acceptors (Lipinski definition) is 4. The van der Waals surface area contributed by atoms with E-state index in [1.807, 2.05) is 0 Å². The summed E-state index contributed by atoms with van der Waals surface area (Å²) in [6.07, 6.45) is -0.556. The minimum absolute atomic E-state index is 0.0596. The maximum atomic E-state index is 11.5. The zero-order chi connectivity index (χ0) is 13.8. The number of amides is 1. The van der Waals surface area contributed by atoms with Crippen LogP contribution in [0.4, 0.5) is 10.5 Å². The average molecular weight is 250 g/mol. The summed E-state index contributed by atoms with van der Waals surface area (Å²) in [6.45, 7) is 5.28. The van der Waals surface area contributed by atoms with Crippen LogP contribution >= 0.6 is 0 Å². The third kappa shape index (κ3) is 4.55. The predicted molar refractivity (Wildman–Crippen MR) is 69.7 cm³/mol. The summed E-state index contributed by atoms with van der Waals surface area (Å²) in [5.41, 5.74) is 5.68. The molecule has 0 aliphatic carbocycles. The third-order valence-corrected chi connectivity index (χ3v) is 2.02. The highest BCUT2D eigenvalue weighted by Crippen LogP contribution is 2.13. The number of ether oxygens (including phenoxy) is 1. The van der Waals surface area contributed by atoms with Crippen LogP contribution in [0.5, 0.6) is 0 Å². The number of carbonyl (C=O) groups excluding carboxylic acids is 2. The van der Waals surface area contributed by atoms with Crippen LogP contribution in [0.2, 0.25) is 0 Å². The van der Waals surface area contributed by atoms with Gasteiger partial charge in [0, 0.05) is 11.3 Å². The zero-order valence-corrected chi connectivity index (χ0v) is 10.8. The first-order chi connectivity index (χ1) is 8.31. The molecule has 1 aromatic rings. The summed E-state index contributed by atoms with van der Waals surface area (Å²) in [6, 6.07) is 6.57. The molecule has 1 amide bonds. The molecule has 0 heterocycles. The Morgan fingerprint density at radius 3 is 2.56 bits per heavy atom. The summed E-state index contributed by atoms with van der Waals surface area (Å²) in [4.78, 5) is 22.9. The summed E-state index contributed by atoms with van der Waals surface area (Å²) in [5.74, 6) is -0.178. The molecule has 3 N–H and O–H groups in total. The number of carbonyl (C=O) groups is 2. The van der Waals surface area contributed by atoms with Crippen LogP contribution in [0.1, 0.15) is 31.1 Å². The second-order valence-electron chi connectivity index (χ2n) is 4.83. The fraction of sp³-hybridized carbons (Fsp3) is 0.385. The third-order valence-electron chi connectivity index (χ3n) is 2.02. The molecule has 0 spiro atoms. The molecule has 98 valence electrons. The molecule has 1 aromatic carbocycles. The Labute approximate surface area is 106 Å². The van der Waals surface area contributed by atoms with Crippen LogP contribution in [-0.4, -0.2) is 24.0 Å². The number of rotatable bonds is 3. The van der Waals surface area contributed by atoms with E-state index in [0.717, 1.165) is 0 Å². The van der Waals surface area contributed by atoms with Gasteiger partial charge in [0.2, 0.25) is 0 Å². The molecule has 0 aliphatic heterocycles. The molecule has 1 rings (SSSR count). The van der Waals surface area contributed by atoms with Crippen LogP contribution in [0.25, 0.3) is 0 Å². The lowest BCUT2D eigenvalue weighted by molar-refractivity contribution is 0.0635. The summed E-state index contributed by atoms with van der Waals surface area (Å²) in [5, 5.41) is 2.56. The van der Waals surface area contributed by atoms with Crippen molar-refractivity contribution in [3.05, 3.63) is 29.8 Å². The minimum atomic E-state index is -0.561. The maximum absolute atomic E-state index is 11.5. The first kappa shape index (κ1) is 14.2. The number of ketones is 1. The highest BCUT2D eigenvalue weighted by Gasteiger charge is 2.16. The van der Waals surface area contributed by atoms with E-state index in [0.29, 0.717) is 11.3 Å². The second kappa shape index (κ2) is 5.64. The van der Waals surface area contributed by atoms with Gasteiger partial charge in [-0.3, -0.25) is 10.1 Å². The van der Waals surface area contributed by atoms with Crippen LogP contribution in [0, 0.1) is 0 Å². The highest BCUT2D eigenvalue weighted by atomic mass is 16.6. The lowest BCUT2D eigenvalue weighted by Crippen LogP contribution is -2.27. The fourth-order valence-electron chi connectivity index (χ4n) is 1.31. The van der Waals surface area contributed by atoms with Gasteiger partial charge in [-0.05, 0) is 32.9 Å². The molecule has 0 aromatic heterocycles. The lowest BCUT2D eigenvalue weighted by Gasteiger charge is -2.19. The number of nitrogens with two attached hydrogens (primary N) is 1. The Balaban J connectivity index is 2.74. The van der Waals surface area contributed by atoms with Crippen molar-refractivity contribution in [3.63, 3.8) is 0 Å². The van der Waals surface area contributed by atoms with Crippen molar-refractivity contribution < 1.29 is 14.3 Å². The Hall–Kier alpha value is -1.88. The van der Waals surface area contributed by atoms with Crippen molar-refractivity contribution in [2.45, 2.75) is 26.4 Å². The normalized spacial score (nSPS) is 10.9. The first-order valence-corrected chi connectivity index (χ1v) is 5.65. The van der Waals surface area contributed by atoms with Crippen LogP contribution in [0.15, 0.2) is 24.3 Å². The fourth-order valence-corrected chi connectivity index (χ4v) is 1.31. The molecule has 0 atom stereocenters. The molecule has 0 saturated carbocycles. The maximum Gasteiger partial charge on any atom is 0.412 e. The molecule has 0 unspecified atom stereocenters. The topological polar surface area (TPSA) is 81.4 Å². The minimum Gasteiger partial charge on any atom is -0.444 e. The quantitative estimate of drug-likeness (QED) is 0.805. The van der Waals surface area contributed by atoms with E-state index in [2.05, 4.69) is 5.32 Å². The molecule has 5 heteroatoms. The van der Waals surface area contributed by atoms with Crippen LogP contribution in [-0.2, 0) is 4.74 Å². The van der Waals surface area contributed by atoms with Crippen molar-refractivity contribution >= 4 is 17.6 Å². The van der Waals surface area contributed by atoms with E-state index in [9.17, 15) is 9.59 Å². The number of hydrogen-bond donors (Lipinski definition) is 2. The van der Waals surface area contributed by atoms with E-state index in [1.165, 1.54) is 0 Å².